The van der Waals surface area contributed by atoms with Crippen molar-refractivity contribution in [2.24, 2.45) is 0 Å². The molecule has 0 bridgehead atoms. The van der Waals surface area contributed by atoms with Gasteiger partial charge in [-0.1, -0.05) is 12.1 Å². The number of nitrogens with zero attached hydrogens (tertiary/aromatic N) is 2. The van der Waals surface area contributed by atoms with Gasteiger partial charge in [0, 0.05) is 18.0 Å². The number of sulfonamides is 1. The van der Waals surface area contributed by atoms with E-state index in [1.54, 1.807) is 36.4 Å². The Morgan fingerprint density at radius 3 is 2.65 bits per heavy atom. The van der Waals surface area contributed by atoms with Gasteiger partial charge in [0.05, 0.1) is 11.6 Å². The molecule has 3 rings (SSSR count). The van der Waals surface area contributed by atoms with Gasteiger partial charge in [-0.25, -0.2) is 8.42 Å². The molecule has 2 aromatic rings. The van der Waals surface area contributed by atoms with Gasteiger partial charge in [-0.3, -0.25) is 4.79 Å². The summed E-state index contributed by atoms with van der Waals surface area (Å²) in [5, 5.41) is 11.6. The summed E-state index contributed by atoms with van der Waals surface area (Å²) in [6.45, 7) is 2.51. The molecule has 0 aliphatic carbocycles. The molecule has 1 fully saturated rings. The molecule has 0 spiro atoms. The van der Waals surface area contributed by atoms with Gasteiger partial charge in [-0.15, -0.1) is 11.3 Å². The van der Waals surface area contributed by atoms with E-state index in [-0.39, 0.29) is 10.1 Å². The first-order valence-electron chi connectivity index (χ1n) is 8.27. The first kappa shape index (κ1) is 18.6. The van der Waals surface area contributed by atoms with Gasteiger partial charge in [0.15, 0.2) is 0 Å². The molecule has 6 nitrogen and oxygen atoms in total. The van der Waals surface area contributed by atoms with Crippen molar-refractivity contribution in [3.05, 3.63) is 52.4 Å². The van der Waals surface area contributed by atoms with Crippen LogP contribution in [0.3, 0.4) is 0 Å². The van der Waals surface area contributed by atoms with Crippen molar-refractivity contribution in [2.45, 2.75) is 36.6 Å². The highest BCUT2D eigenvalue weighted by Crippen LogP contribution is 2.30. The maximum Gasteiger partial charge on any atom is 0.253 e. The summed E-state index contributed by atoms with van der Waals surface area (Å²) in [7, 11) is -3.65. The number of thiophene rings is 1. The minimum atomic E-state index is -3.65. The van der Waals surface area contributed by atoms with E-state index in [0.717, 1.165) is 10.4 Å². The Balaban J connectivity index is 1.69. The predicted octanol–water partition coefficient (Wildman–Crippen LogP) is 2.40. The lowest BCUT2D eigenvalue weighted by atomic mass is 10.1. The second-order valence-corrected chi connectivity index (χ2v) is 9.57. The van der Waals surface area contributed by atoms with Gasteiger partial charge >= 0.3 is 0 Å². The summed E-state index contributed by atoms with van der Waals surface area (Å²) in [4.78, 5) is 13.5. The summed E-state index contributed by atoms with van der Waals surface area (Å²) in [6, 6.07) is 11.7. The molecule has 1 aliphatic heterocycles. The number of hydrogen-bond donors (Lipinski definition) is 1. The van der Waals surface area contributed by atoms with Crippen molar-refractivity contribution in [2.75, 3.05) is 6.54 Å². The van der Waals surface area contributed by atoms with E-state index in [0.29, 0.717) is 31.5 Å². The highest BCUT2D eigenvalue weighted by molar-refractivity contribution is 7.91. The summed E-state index contributed by atoms with van der Waals surface area (Å²) < 4.78 is 27.3. The van der Waals surface area contributed by atoms with Gasteiger partial charge in [-0.05, 0) is 49.6 Å². The van der Waals surface area contributed by atoms with E-state index in [1.807, 2.05) is 13.0 Å². The maximum absolute atomic E-state index is 12.8. The molecule has 1 aromatic heterocycles. The molecule has 1 amide bonds. The zero-order valence-corrected chi connectivity index (χ0v) is 15.9. The summed E-state index contributed by atoms with van der Waals surface area (Å²) in [6.07, 6.45) is 1.18. The number of carbonyl (C=O) groups excluding carboxylic acids is 1. The van der Waals surface area contributed by atoms with Crippen molar-refractivity contribution in [1.29, 1.82) is 5.26 Å². The fourth-order valence-electron chi connectivity index (χ4n) is 2.96. The maximum atomic E-state index is 12.8. The summed E-state index contributed by atoms with van der Waals surface area (Å²) in [5.41, 5.74) is 1.41. The fraction of sp³-hybridized carbons (Fsp3) is 0.333. The third-order valence-corrected chi connectivity index (χ3v) is 7.71. The second-order valence-electron chi connectivity index (χ2n) is 6.17. The zero-order valence-electron chi connectivity index (χ0n) is 14.3. The van der Waals surface area contributed by atoms with Gasteiger partial charge < -0.3 is 5.32 Å². The standard InChI is InChI=1S/C18H19N3O3S2/c1-13-4-9-17(25-13)26(23,24)21-10-2-3-16(21)18(22)20-12-15-7-5-14(11-19)6-8-15/h4-9,16H,2-3,10,12H2,1H3,(H,20,22)/t16-/m1/s1. The monoisotopic (exact) mass is 389 g/mol. The van der Waals surface area contributed by atoms with Gasteiger partial charge in [-0.2, -0.15) is 9.57 Å². The number of hydrogen-bond acceptors (Lipinski definition) is 5. The molecule has 26 heavy (non-hydrogen) atoms. The van der Waals surface area contributed by atoms with Crippen LogP contribution in [0.4, 0.5) is 0 Å². The Morgan fingerprint density at radius 2 is 2.04 bits per heavy atom. The number of benzene rings is 1. The number of nitriles is 1. The zero-order chi connectivity index (χ0) is 18.7. The predicted molar refractivity (Wildman–Crippen MR) is 99.0 cm³/mol. The normalized spacial score (nSPS) is 17.8. The van der Waals surface area contributed by atoms with E-state index in [2.05, 4.69) is 5.32 Å². The lowest BCUT2D eigenvalue weighted by Gasteiger charge is -2.22. The molecular formula is C18H19N3O3S2. The van der Waals surface area contributed by atoms with E-state index < -0.39 is 16.1 Å². The van der Waals surface area contributed by atoms with Crippen LogP contribution in [-0.2, 0) is 21.4 Å². The Labute approximate surface area is 157 Å². The Kier molecular flexibility index (Phi) is 5.41. The van der Waals surface area contributed by atoms with Crippen molar-refractivity contribution in [1.82, 2.24) is 9.62 Å². The molecule has 8 heteroatoms. The molecule has 2 heterocycles. The van der Waals surface area contributed by atoms with Gasteiger partial charge in [0.1, 0.15) is 10.3 Å². The molecule has 1 saturated heterocycles. The SMILES string of the molecule is Cc1ccc(S(=O)(=O)N2CCC[C@@H]2C(=O)NCc2ccc(C#N)cc2)s1. The Morgan fingerprint density at radius 1 is 1.31 bits per heavy atom. The van der Waals surface area contributed by atoms with Crippen LogP contribution in [0, 0.1) is 18.3 Å². The lowest BCUT2D eigenvalue weighted by molar-refractivity contribution is -0.124. The van der Waals surface area contributed by atoms with Crippen LogP contribution in [0.15, 0.2) is 40.6 Å². The lowest BCUT2D eigenvalue weighted by Crippen LogP contribution is -2.45. The van der Waals surface area contributed by atoms with E-state index in [4.69, 9.17) is 5.26 Å². The minimum absolute atomic E-state index is 0.279. The molecule has 0 radical (unpaired) electrons. The molecule has 1 atom stereocenters. The average Bonchev–Trinajstić information content (AvgIpc) is 3.30. The second kappa shape index (κ2) is 7.58. The minimum Gasteiger partial charge on any atom is -0.351 e. The van der Waals surface area contributed by atoms with Crippen LogP contribution in [0.2, 0.25) is 0 Å². The number of aryl methyl sites for hydroxylation is 1. The number of nitrogens with one attached hydrogen (secondary N) is 1. The highest BCUT2D eigenvalue weighted by Gasteiger charge is 2.39. The first-order valence-corrected chi connectivity index (χ1v) is 10.5. The Bertz CT molecular complexity index is 943. The van der Waals surface area contributed by atoms with Crippen LogP contribution >= 0.6 is 11.3 Å². The van der Waals surface area contributed by atoms with Gasteiger partial charge in [0.25, 0.3) is 10.0 Å². The van der Waals surface area contributed by atoms with Crippen LogP contribution in [-0.4, -0.2) is 31.2 Å². The van der Waals surface area contributed by atoms with E-state index in [9.17, 15) is 13.2 Å². The number of carbonyl (C=O) groups is 1. The molecule has 0 saturated carbocycles. The van der Waals surface area contributed by atoms with E-state index in [1.165, 1.54) is 15.6 Å². The third kappa shape index (κ3) is 3.80. The highest BCUT2D eigenvalue weighted by atomic mass is 32.2. The van der Waals surface area contributed by atoms with Crippen LogP contribution in [0.1, 0.15) is 28.8 Å². The molecular weight excluding hydrogens is 370 g/mol. The van der Waals surface area contributed by atoms with Crippen molar-refractivity contribution in [3.8, 4) is 6.07 Å². The van der Waals surface area contributed by atoms with Crippen LogP contribution < -0.4 is 5.32 Å². The average molecular weight is 390 g/mol. The third-order valence-electron chi connectivity index (χ3n) is 4.33. The molecule has 1 aromatic carbocycles. The molecule has 1 N–H and O–H groups in total. The quantitative estimate of drug-likeness (QED) is 0.850. The van der Waals surface area contributed by atoms with Crippen molar-refractivity contribution >= 4 is 27.3 Å². The van der Waals surface area contributed by atoms with Gasteiger partial charge in [0.2, 0.25) is 5.91 Å². The van der Waals surface area contributed by atoms with Crippen LogP contribution in [0.25, 0.3) is 0 Å². The topological polar surface area (TPSA) is 90.3 Å². The van der Waals surface area contributed by atoms with E-state index >= 15 is 0 Å². The van der Waals surface area contributed by atoms with Crippen molar-refractivity contribution < 1.29 is 13.2 Å². The van der Waals surface area contributed by atoms with Crippen molar-refractivity contribution in [3.63, 3.8) is 0 Å². The Hall–Kier alpha value is -2.21. The van der Waals surface area contributed by atoms with Crippen LogP contribution in [0.5, 0.6) is 0 Å². The molecule has 136 valence electrons. The number of amides is 1. The summed E-state index contributed by atoms with van der Waals surface area (Å²) in [5.74, 6) is -0.288. The summed E-state index contributed by atoms with van der Waals surface area (Å²) >= 11 is 1.22. The largest absolute Gasteiger partial charge is 0.351 e. The number of rotatable bonds is 5. The molecule has 0 unspecified atom stereocenters. The molecule has 1 aliphatic rings. The smallest absolute Gasteiger partial charge is 0.253 e. The fourth-order valence-corrected chi connectivity index (χ4v) is 6.03. The first-order chi connectivity index (χ1) is 12.4.